The maximum atomic E-state index is 12.4. The molecule has 146 valence electrons. The van der Waals surface area contributed by atoms with E-state index in [1.165, 1.54) is 11.8 Å². The summed E-state index contributed by atoms with van der Waals surface area (Å²) >= 11 is 1.37. The Balaban J connectivity index is 1.71. The number of methoxy groups -OCH3 is 1. The number of pyridine rings is 1. The van der Waals surface area contributed by atoms with Crippen molar-refractivity contribution in [3.63, 3.8) is 0 Å². The zero-order valence-electron chi connectivity index (χ0n) is 16.0. The van der Waals surface area contributed by atoms with E-state index in [2.05, 4.69) is 20.5 Å². The highest BCUT2D eigenvalue weighted by molar-refractivity contribution is 7.99. The van der Waals surface area contributed by atoms with Crippen molar-refractivity contribution in [1.29, 1.82) is 0 Å². The molecule has 7 nitrogen and oxygen atoms in total. The quantitative estimate of drug-likeness (QED) is 0.440. The molecule has 3 rings (SSSR count). The van der Waals surface area contributed by atoms with Crippen molar-refractivity contribution in [2.45, 2.75) is 25.0 Å². The molecule has 0 saturated carbocycles. The highest BCUT2D eigenvalue weighted by atomic mass is 32.2. The molecule has 8 heteroatoms. The zero-order chi connectivity index (χ0) is 19.8. The lowest BCUT2D eigenvalue weighted by atomic mass is 10.2. The first-order chi connectivity index (χ1) is 13.7. The number of nitrogens with zero attached hydrogens (tertiary/aromatic N) is 4. The second kappa shape index (κ2) is 10.0. The summed E-state index contributed by atoms with van der Waals surface area (Å²) in [4.78, 5) is 16.4. The first-order valence-electron chi connectivity index (χ1n) is 9.00. The maximum absolute atomic E-state index is 12.4. The van der Waals surface area contributed by atoms with E-state index in [1.54, 1.807) is 19.5 Å². The number of nitrogens with one attached hydrogen (secondary N) is 1. The van der Waals surface area contributed by atoms with Gasteiger partial charge in [0.25, 0.3) is 0 Å². The molecule has 0 fully saturated rings. The van der Waals surface area contributed by atoms with Gasteiger partial charge in [-0.15, -0.1) is 10.2 Å². The van der Waals surface area contributed by atoms with Gasteiger partial charge in [0.15, 0.2) is 11.0 Å². The van der Waals surface area contributed by atoms with Gasteiger partial charge >= 0.3 is 0 Å². The van der Waals surface area contributed by atoms with Crippen LogP contribution in [-0.4, -0.2) is 45.1 Å². The number of ether oxygens (including phenoxy) is 1. The summed E-state index contributed by atoms with van der Waals surface area (Å²) in [7, 11) is 1.68. The topological polar surface area (TPSA) is 81.9 Å². The van der Waals surface area contributed by atoms with E-state index < -0.39 is 0 Å². The van der Waals surface area contributed by atoms with Crippen molar-refractivity contribution < 1.29 is 9.53 Å². The number of hydrogen-bond acceptors (Lipinski definition) is 6. The third-order valence-electron chi connectivity index (χ3n) is 4.14. The minimum absolute atomic E-state index is 0.0730. The Morgan fingerprint density at radius 3 is 2.71 bits per heavy atom. The molecule has 0 unspecified atom stereocenters. The van der Waals surface area contributed by atoms with Crippen LogP contribution in [0.5, 0.6) is 0 Å². The molecule has 0 atom stereocenters. The Kier molecular flexibility index (Phi) is 7.16. The van der Waals surface area contributed by atoms with E-state index in [0.717, 1.165) is 29.1 Å². The van der Waals surface area contributed by atoms with E-state index in [4.69, 9.17) is 4.74 Å². The Labute approximate surface area is 168 Å². The van der Waals surface area contributed by atoms with E-state index in [9.17, 15) is 4.79 Å². The number of anilines is 1. The number of para-hydroxylation sites is 1. The number of aryl methyl sites for hydroxylation is 1. The summed E-state index contributed by atoms with van der Waals surface area (Å²) in [6, 6.07) is 11.5. The Morgan fingerprint density at radius 2 is 1.96 bits per heavy atom. The zero-order valence-corrected chi connectivity index (χ0v) is 16.8. The number of amides is 1. The van der Waals surface area contributed by atoms with Gasteiger partial charge in [0.05, 0.1) is 5.75 Å². The van der Waals surface area contributed by atoms with Gasteiger partial charge < -0.3 is 14.6 Å². The van der Waals surface area contributed by atoms with Crippen molar-refractivity contribution in [2.75, 3.05) is 24.8 Å². The van der Waals surface area contributed by atoms with Crippen LogP contribution in [-0.2, 0) is 16.1 Å². The van der Waals surface area contributed by atoms with Crippen molar-refractivity contribution in [3.8, 4) is 11.4 Å². The number of benzene rings is 1. The molecule has 1 aromatic carbocycles. The van der Waals surface area contributed by atoms with Gasteiger partial charge in [-0.25, -0.2) is 0 Å². The minimum atomic E-state index is -0.0730. The van der Waals surface area contributed by atoms with Crippen LogP contribution in [0, 0.1) is 6.92 Å². The lowest BCUT2D eigenvalue weighted by Crippen LogP contribution is -2.15. The highest BCUT2D eigenvalue weighted by Crippen LogP contribution is 2.24. The molecule has 0 saturated heterocycles. The second-order valence-corrected chi connectivity index (χ2v) is 7.13. The van der Waals surface area contributed by atoms with Crippen LogP contribution in [0.4, 0.5) is 5.69 Å². The third kappa shape index (κ3) is 5.17. The van der Waals surface area contributed by atoms with Gasteiger partial charge in [-0.2, -0.15) is 0 Å². The average Bonchev–Trinajstić information content (AvgIpc) is 3.12. The summed E-state index contributed by atoms with van der Waals surface area (Å²) in [5.41, 5.74) is 2.80. The largest absolute Gasteiger partial charge is 0.385 e. The molecule has 2 aromatic heterocycles. The maximum Gasteiger partial charge on any atom is 0.234 e. The lowest BCUT2D eigenvalue weighted by molar-refractivity contribution is -0.113. The molecule has 0 aliphatic heterocycles. The number of aromatic nitrogens is 4. The molecule has 1 amide bonds. The minimum Gasteiger partial charge on any atom is -0.385 e. The average molecular weight is 398 g/mol. The molecule has 3 aromatic rings. The van der Waals surface area contributed by atoms with Crippen molar-refractivity contribution in [1.82, 2.24) is 19.7 Å². The number of rotatable bonds is 9. The Hall–Kier alpha value is -2.71. The van der Waals surface area contributed by atoms with Crippen molar-refractivity contribution in [3.05, 3.63) is 54.4 Å². The lowest BCUT2D eigenvalue weighted by Gasteiger charge is -2.10. The Bertz CT molecular complexity index is 914. The molecule has 0 radical (unpaired) electrons. The molecular formula is C20H23N5O2S. The summed E-state index contributed by atoms with van der Waals surface area (Å²) in [6.45, 7) is 3.32. The van der Waals surface area contributed by atoms with E-state index >= 15 is 0 Å². The smallest absolute Gasteiger partial charge is 0.234 e. The van der Waals surface area contributed by atoms with Crippen LogP contribution in [0.3, 0.4) is 0 Å². The molecule has 28 heavy (non-hydrogen) atoms. The summed E-state index contributed by atoms with van der Waals surface area (Å²) < 4.78 is 7.19. The fraction of sp³-hybridized carbons (Fsp3) is 0.300. The van der Waals surface area contributed by atoms with Crippen LogP contribution in [0.15, 0.2) is 53.9 Å². The van der Waals surface area contributed by atoms with E-state index in [0.29, 0.717) is 18.3 Å². The highest BCUT2D eigenvalue weighted by Gasteiger charge is 2.16. The molecule has 0 aliphatic carbocycles. The van der Waals surface area contributed by atoms with E-state index in [-0.39, 0.29) is 11.7 Å². The molecule has 1 N–H and O–H groups in total. The number of thioether (sulfide) groups is 1. The van der Waals surface area contributed by atoms with Crippen LogP contribution < -0.4 is 5.32 Å². The molecule has 0 bridgehead atoms. The van der Waals surface area contributed by atoms with Gasteiger partial charge in [0.2, 0.25) is 5.91 Å². The van der Waals surface area contributed by atoms with Gasteiger partial charge in [-0.1, -0.05) is 30.0 Å². The van der Waals surface area contributed by atoms with Crippen LogP contribution in [0.1, 0.15) is 12.0 Å². The monoisotopic (exact) mass is 397 g/mol. The number of hydrogen-bond donors (Lipinski definition) is 1. The number of carbonyl (C=O) groups is 1. The standard InChI is InChI=1S/C20H23N5O2S/c1-15-6-3-4-7-17(15)22-18(26)14-28-20-24-23-19(16-8-10-21-11-9-16)25(20)12-5-13-27-2/h3-4,6-11H,5,12-14H2,1-2H3,(H,22,26). The van der Waals surface area contributed by atoms with Gasteiger partial charge in [-0.05, 0) is 37.1 Å². The molecule has 0 spiro atoms. The van der Waals surface area contributed by atoms with E-state index in [1.807, 2.05) is 47.9 Å². The van der Waals surface area contributed by atoms with Gasteiger partial charge in [-0.3, -0.25) is 9.78 Å². The van der Waals surface area contributed by atoms with Crippen LogP contribution in [0.25, 0.3) is 11.4 Å². The second-order valence-electron chi connectivity index (χ2n) is 6.19. The summed E-state index contributed by atoms with van der Waals surface area (Å²) in [5, 5.41) is 12.3. The summed E-state index contributed by atoms with van der Waals surface area (Å²) in [5.74, 6) is 0.948. The predicted molar refractivity (Wildman–Crippen MR) is 110 cm³/mol. The van der Waals surface area contributed by atoms with Crippen molar-refractivity contribution in [2.24, 2.45) is 0 Å². The number of carbonyl (C=O) groups excluding carboxylic acids is 1. The molecule has 2 heterocycles. The van der Waals surface area contributed by atoms with Gasteiger partial charge in [0, 0.05) is 43.9 Å². The predicted octanol–water partition coefficient (Wildman–Crippen LogP) is 3.42. The van der Waals surface area contributed by atoms with Crippen LogP contribution >= 0.6 is 11.8 Å². The van der Waals surface area contributed by atoms with Crippen LogP contribution in [0.2, 0.25) is 0 Å². The molecular weight excluding hydrogens is 374 g/mol. The first-order valence-corrected chi connectivity index (χ1v) is 9.98. The molecule has 0 aliphatic rings. The fourth-order valence-electron chi connectivity index (χ4n) is 2.71. The van der Waals surface area contributed by atoms with Gasteiger partial charge in [0.1, 0.15) is 0 Å². The third-order valence-corrected chi connectivity index (χ3v) is 5.10. The SMILES string of the molecule is COCCCn1c(SCC(=O)Nc2ccccc2C)nnc1-c1ccncc1. The Morgan fingerprint density at radius 1 is 1.18 bits per heavy atom. The first kappa shape index (κ1) is 20.0. The normalized spacial score (nSPS) is 10.8. The summed E-state index contributed by atoms with van der Waals surface area (Å²) in [6.07, 6.45) is 4.29. The van der Waals surface area contributed by atoms with Crippen molar-refractivity contribution >= 4 is 23.4 Å². The fourth-order valence-corrected chi connectivity index (χ4v) is 3.47.